The van der Waals surface area contributed by atoms with E-state index < -0.39 is 5.25 Å². The summed E-state index contributed by atoms with van der Waals surface area (Å²) in [6, 6.07) is 15.2. The van der Waals surface area contributed by atoms with E-state index in [0.29, 0.717) is 33.4 Å². The predicted molar refractivity (Wildman–Crippen MR) is 140 cm³/mol. The molecule has 0 radical (unpaired) electrons. The van der Waals surface area contributed by atoms with Crippen molar-refractivity contribution in [3.05, 3.63) is 80.5 Å². The van der Waals surface area contributed by atoms with Gasteiger partial charge in [-0.25, -0.2) is 4.98 Å². The summed E-state index contributed by atoms with van der Waals surface area (Å²) in [5.41, 5.74) is 3.35. The molecule has 0 saturated heterocycles. The highest BCUT2D eigenvalue weighted by Gasteiger charge is 2.26. The topological polar surface area (TPSA) is 73.2 Å². The molecular weight excluding hydrogens is 466 g/mol. The van der Waals surface area contributed by atoms with Crippen LogP contribution in [0.4, 0.5) is 5.69 Å². The lowest BCUT2D eigenvalue weighted by Crippen LogP contribution is -2.25. The van der Waals surface area contributed by atoms with E-state index in [1.165, 1.54) is 23.1 Å². The van der Waals surface area contributed by atoms with Crippen molar-refractivity contribution in [1.29, 1.82) is 0 Å². The number of ether oxygens (including phenoxy) is 1. The molecular formula is C26H27N3O3S2. The lowest BCUT2D eigenvalue weighted by Gasteiger charge is -2.19. The van der Waals surface area contributed by atoms with Gasteiger partial charge in [-0.15, -0.1) is 11.3 Å². The number of benzene rings is 2. The largest absolute Gasteiger partial charge is 0.495 e. The third-order valence-electron chi connectivity index (χ3n) is 5.75. The Morgan fingerprint density at radius 1 is 1.18 bits per heavy atom. The summed E-state index contributed by atoms with van der Waals surface area (Å²) < 4.78 is 7.10. The van der Waals surface area contributed by atoms with E-state index in [1.807, 2.05) is 76.2 Å². The van der Waals surface area contributed by atoms with Crippen LogP contribution in [0.2, 0.25) is 0 Å². The predicted octanol–water partition coefficient (Wildman–Crippen LogP) is 5.88. The van der Waals surface area contributed by atoms with Crippen LogP contribution < -0.4 is 15.6 Å². The molecule has 1 N–H and O–H groups in total. The number of anilines is 1. The minimum Gasteiger partial charge on any atom is -0.495 e. The van der Waals surface area contributed by atoms with E-state index in [0.717, 1.165) is 21.6 Å². The zero-order valence-corrected chi connectivity index (χ0v) is 21.5. The molecule has 1 amide bonds. The molecule has 0 aliphatic carbocycles. The average molecular weight is 494 g/mol. The smallest absolute Gasteiger partial charge is 0.263 e. The van der Waals surface area contributed by atoms with Crippen molar-refractivity contribution in [3.63, 3.8) is 0 Å². The summed E-state index contributed by atoms with van der Waals surface area (Å²) in [6.07, 6.45) is 0. The van der Waals surface area contributed by atoms with Crippen molar-refractivity contribution in [2.75, 3.05) is 12.4 Å². The van der Waals surface area contributed by atoms with E-state index >= 15 is 0 Å². The number of nitrogens with zero attached hydrogens (tertiary/aromatic N) is 2. The molecule has 34 heavy (non-hydrogen) atoms. The van der Waals surface area contributed by atoms with Crippen LogP contribution in [0.5, 0.6) is 5.75 Å². The molecule has 0 aliphatic rings. The SMILES string of the molecule is CCn1c(SC(C(=O)Nc2cc(C)ccc2OC)c2ccccc2)nc2sc(C)c(C)c2c1=O. The summed E-state index contributed by atoms with van der Waals surface area (Å²) in [4.78, 5) is 33.5. The summed E-state index contributed by atoms with van der Waals surface area (Å²) in [7, 11) is 1.58. The van der Waals surface area contributed by atoms with Gasteiger partial charge in [-0.1, -0.05) is 48.2 Å². The maximum Gasteiger partial charge on any atom is 0.263 e. The van der Waals surface area contributed by atoms with Gasteiger partial charge in [0.25, 0.3) is 5.56 Å². The lowest BCUT2D eigenvalue weighted by atomic mass is 10.1. The second-order valence-electron chi connectivity index (χ2n) is 8.01. The second kappa shape index (κ2) is 10.0. The first-order valence-corrected chi connectivity index (χ1v) is 12.7. The van der Waals surface area contributed by atoms with Gasteiger partial charge >= 0.3 is 0 Å². The molecule has 8 heteroatoms. The number of carbonyl (C=O) groups excluding carboxylic acids is 1. The van der Waals surface area contributed by atoms with Crippen LogP contribution in [0.3, 0.4) is 0 Å². The Morgan fingerprint density at radius 3 is 2.59 bits per heavy atom. The van der Waals surface area contributed by atoms with Gasteiger partial charge in [-0.3, -0.25) is 14.2 Å². The van der Waals surface area contributed by atoms with Crippen LogP contribution in [0.25, 0.3) is 10.2 Å². The summed E-state index contributed by atoms with van der Waals surface area (Å²) >= 11 is 2.80. The third-order valence-corrected chi connectivity index (χ3v) is 8.09. The van der Waals surface area contributed by atoms with E-state index in [4.69, 9.17) is 9.72 Å². The number of fused-ring (bicyclic) bond motifs is 1. The number of carbonyl (C=O) groups is 1. The molecule has 0 fully saturated rings. The number of amides is 1. The van der Waals surface area contributed by atoms with Gasteiger partial charge in [0.1, 0.15) is 15.8 Å². The van der Waals surface area contributed by atoms with E-state index in [1.54, 1.807) is 11.7 Å². The van der Waals surface area contributed by atoms with Crippen LogP contribution >= 0.6 is 23.1 Å². The van der Waals surface area contributed by atoms with Crippen molar-refractivity contribution in [2.24, 2.45) is 0 Å². The van der Waals surface area contributed by atoms with Crippen LogP contribution in [-0.4, -0.2) is 22.6 Å². The van der Waals surface area contributed by atoms with Crippen molar-refractivity contribution in [1.82, 2.24) is 9.55 Å². The van der Waals surface area contributed by atoms with Crippen LogP contribution in [0, 0.1) is 20.8 Å². The lowest BCUT2D eigenvalue weighted by molar-refractivity contribution is -0.115. The molecule has 0 spiro atoms. The van der Waals surface area contributed by atoms with Crippen LogP contribution in [0.1, 0.15) is 33.7 Å². The zero-order valence-electron chi connectivity index (χ0n) is 19.8. The fourth-order valence-electron chi connectivity index (χ4n) is 3.80. The Hall–Kier alpha value is -3.10. The Bertz CT molecular complexity index is 1410. The molecule has 176 valence electrons. The van der Waals surface area contributed by atoms with Gasteiger partial charge in [0.15, 0.2) is 5.16 Å². The van der Waals surface area contributed by atoms with Gasteiger partial charge in [0.2, 0.25) is 5.91 Å². The first kappa shape index (κ1) is 24.0. The Labute approximate surface area is 207 Å². The quantitative estimate of drug-likeness (QED) is 0.257. The number of aryl methyl sites for hydroxylation is 3. The average Bonchev–Trinajstić information content (AvgIpc) is 3.11. The number of methoxy groups -OCH3 is 1. The van der Waals surface area contributed by atoms with E-state index in [-0.39, 0.29) is 11.5 Å². The van der Waals surface area contributed by atoms with Gasteiger partial charge in [-0.05, 0) is 56.5 Å². The van der Waals surface area contributed by atoms with Crippen molar-refractivity contribution < 1.29 is 9.53 Å². The standard InChI is InChI=1S/C26H27N3O3S2/c1-6-29-25(31)21-16(3)17(4)33-24(21)28-26(29)34-22(18-10-8-7-9-11-18)23(30)27-19-14-15(2)12-13-20(19)32-5/h7-14,22H,6H2,1-5H3,(H,27,30). The van der Waals surface area contributed by atoms with Gasteiger partial charge in [-0.2, -0.15) is 0 Å². The monoisotopic (exact) mass is 493 g/mol. The third kappa shape index (κ3) is 4.60. The fraction of sp³-hybridized carbons (Fsp3) is 0.269. The normalized spacial score (nSPS) is 12.0. The Morgan fingerprint density at radius 2 is 1.91 bits per heavy atom. The number of rotatable bonds is 7. The summed E-state index contributed by atoms with van der Waals surface area (Å²) in [5, 5.41) is 3.61. The summed E-state index contributed by atoms with van der Waals surface area (Å²) in [6.45, 7) is 8.30. The number of hydrogen-bond acceptors (Lipinski definition) is 6. The highest BCUT2D eigenvalue weighted by Crippen LogP contribution is 2.38. The number of thiophene rings is 1. The molecule has 2 heterocycles. The minimum absolute atomic E-state index is 0.0653. The Kier molecular flexibility index (Phi) is 7.09. The minimum atomic E-state index is -0.615. The van der Waals surface area contributed by atoms with Crippen molar-refractivity contribution in [2.45, 2.75) is 44.6 Å². The first-order chi connectivity index (χ1) is 16.3. The maximum absolute atomic E-state index is 13.6. The summed E-state index contributed by atoms with van der Waals surface area (Å²) in [5.74, 6) is 0.376. The number of aromatic nitrogens is 2. The maximum atomic E-state index is 13.6. The highest BCUT2D eigenvalue weighted by atomic mass is 32.2. The molecule has 6 nitrogen and oxygen atoms in total. The molecule has 4 aromatic rings. The molecule has 0 bridgehead atoms. The highest BCUT2D eigenvalue weighted by molar-refractivity contribution is 8.00. The molecule has 0 aliphatic heterocycles. The van der Waals surface area contributed by atoms with E-state index in [9.17, 15) is 9.59 Å². The zero-order chi connectivity index (χ0) is 24.4. The molecule has 0 saturated carbocycles. The van der Waals surface area contributed by atoms with Crippen molar-refractivity contribution in [3.8, 4) is 5.75 Å². The number of hydrogen-bond donors (Lipinski definition) is 1. The molecule has 4 rings (SSSR count). The fourth-order valence-corrected chi connectivity index (χ4v) is 6.03. The van der Waals surface area contributed by atoms with Gasteiger partial charge in [0.05, 0.1) is 18.2 Å². The van der Waals surface area contributed by atoms with Gasteiger partial charge < -0.3 is 10.1 Å². The second-order valence-corrected chi connectivity index (χ2v) is 10.3. The first-order valence-electron chi connectivity index (χ1n) is 11.0. The van der Waals surface area contributed by atoms with Gasteiger partial charge in [0, 0.05) is 11.4 Å². The number of nitrogens with one attached hydrogen (secondary N) is 1. The van der Waals surface area contributed by atoms with Crippen molar-refractivity contribution >= 4 is 44.9 Å². The van der Waals surface area contributed by atoms with E-state index in [2.05, 4.69) is 5.32 Å². The molecule has 2 aromatic heterocycles. The number of thioether (sulfide) groups is 1. The molecule has 1 atom stereocenters. The molecule has 1 unspecified atom stereocenters. The van der Waals surface area contributed by atoms with Crippen LogP contribution in [0.15, 0.2) is 58.5 Å². The van der Waals surface area contributed by atoms with Crippen LogP contribution in [-0.2, 0) is 11.3 Å². The Balaban J connectivity index is 1.78. The molecule has 2 aromatic carbocycles.